The van der Waals surface area contributed by atoms with Gasteiger partial charge in [-0.2, -0.15) is 5.26 Å². The molecule has 1 aliphatic rings. The highest BCUT2D eigenvalue weighted by atomic mass is 16.7. The third-order valence-corrected chi connectivity index (χ3v) is 4.64. The lowest BCUT2D eigenvalue weighted by molar-refractivity contribution is 0.00578. The van der Waals surface area contributed by atoms with Gasteiger partial charge in [-0.1, -0.05) is 0 Å². The summed E-state index contributed by atoms with van der Waals surface area (Å²) < 4.78 is 19.3. The van der Waals surface area contributed by atoms with Crippen molar-refractivity contribution in [1.29, 1.82) is 5.26 Å². The van der Waals surface area contributed by atoms with Gasteiger partial charge in [0.25, 0.3) is 6.01 Å². The van der Waals surface area contributed by atoms with E-state index in [0.29, 0.717) is 17.2 Å². The fourth-order valence-corrected chi connectivity index (χ4v) is 2.48. The lowest BCUT2D eigenvalue weighted by atomic mass is 9.86. The molecule has 1 aliphatic heterocycles. The van der Waals surface area contributed by atoms with Crippen LogP contribution in [0.3, 0.4) is 0 Å². The van der Waals surface area contributed by atoms with Crippen molar-refractivity contribution < 1.29 is 14.0 Å². The van der Waals surface area contributed by atoms with Crippen LogP contribution < -0.4 is 10.3 Å². The Morgan fingerprint density at radius 3 is 2.21 bits per heavy atom. The number of nitrogens with zero attached hydrogens (tertiary/aromatic N) is 3. The van der Waals surface area contributed by atoms with Gasteiger partial charge in [0.1, 0.15) is 0 Å². The van der Waals surface area contributed by atoms with E-state index >= 15 is 0 Å². The maximum atomic E-state index is 8.92. The minimum atomic E-state index is -0.552. The number of methoxy groups -OCH3 is 1. The van der Waals surface area contributed by atoms with Gasteiger partial charge in [-0.15, -0.1) is 0 Å². The Morgan fingerprint density at radius 2 is 1.71 bits per heavy atom. The topological polar surface area (TPSA) is 69.3 Å². The third kappa shape index (κ3) is 2.68. The number of aromatic nitrogens is 2. The SMILES string of the molecule is COc1nc(B2OC(C)(C)C(C)(C)O2)cn1-c1ccc(C#N)cc1. The standard InChI is InChI=1S/C17H20BN3O3/c1-16(2)17(3,4)24-18(23-16)14-11-21(15(20-14)22-5)13-8-6-12(10-19)7-9-13/h6-9,11H,1-5H3. The summed E-state index contributed by atoms with van der Waals surface area (Å²) >= 11 is 0. The molecular weight excluding hydrogens is 305 g/mol. The second-order valence-electron chi connectivity index (χ2n) is 6.77. The van der Waals surface area contributed by atoms with Gasteiger partial charge in [-0.05, 0) is 52.0 Å². The Balaban J connectivity index is 1.95. The molecule has 2 heterocycles. The molecule has 0 saturated carbocycles. The summed E-state index contributed by atoms with van der Waals surface area (Å²) in [4.78, 5) is 4.49. The highest BCUT2D eigenvalue weighted by molar-refractivity contribution is 6.61. The van der Waals surface area contributed by atoms with E-state index in [-0.39, 0.29) is 0 Å². The minimum absolute atomic E-state index is 0.427. The lowest BCUT2D eigenvalue weighted by Crippen LogP contribution is -2.41. The molecule has 0 radical (unpaired) electrons. The largest absolute Gasteiger partial charge is 0.516 e. The first kappa shape index (κ1) is 16.6. The maximum Gasteiger partial charge on any atom is 0.516 e. The van der Waals surface area contributed by atoms with E-state index in [9.17, 15) is 0 Å². The molecule has 0 unspecified atom stereocenters. The quantitative estimate of drug-likeness (QED) is 0.808. The molecule has 1 saturated heterocycles. The molecule has 124 valence electrons. The van der Waals surface area contributed by atoms with Gasteiger partial charge in [0.05, 0.1) is 41.2 Å². The van der Waals surface area contributed by atoms with Crippen molar-refractivity contribution in [3.8, 4) is 17.8 Å². The summed E-state index contributed by atoms with van der Waals surface area (Å²) in [6.07, 6.45) is 1.84. The van der Waals surface area contributed by atoms with Crippen LogP contribution >= 0.6 is 0 Å². The zero-order chi connectivity index (χ0) is 17.5. The molecular formula is C17H20BN3O3. The lowest BCUT2D eigenvalue weighted by Gasteiger charge is -2.32. The summed E-state index contributed by atoms with van der Waals surface area (Å²) in [6, 6.07) is 9.74. The van der Waals surface area contributed by atoms with Crippen LogP contribution in [-0.4, -0.2) is 35.0 Å². The average Bonchev–Trinajstić information content (AvgIpc) is 3.06. The van der Waals surface area contributed by atoms with Crippen LogP contribution in [0, 0.1) is 11.3 Å². The molecule has 3 rings (SSSR count). The van der Waals surface area contributed by atoms with Gasteiger partial charge in [-0.3, -0.25) is 4.57 Å². The molecule has 0 aliphatic carbocycles. The fourth-order valence-electron chi connectivity index (χ4n) is 2.48. The van der Waals surface area contributed by atoms with Crippen LogP contribution in [0.5, 0.6) is 6.01 Å². The molecule has 1 fully saturated rings. The van der Waals surface area contributed by atoms with Crippen LogP contribution in [0.15, 0.2) is 30.5 Å². The van der Waals surface area contributed by atoms with Gasteiger partial charge in [-0.25, -0.2) is 4.98 Å². The van der Waals surface area contributed by atoms with Crippen LogP contribution in [-0.2, 0) is 9.31 Å². The molecule has 6 nitrogen and oxygen atoms in total. The van der Waals surface area contributed by atoms with Crippen molar-refractivity contribution in [3.63, 3.8) is 0 Å². The average molecular weight is 325 g/mol. The molecule has 7 heteroatoms. The van der Waals surface area contributed by atoms with Gasteiger partial charge in [0.2, 0.25) is 0 Å². The van der Waals surface area contributed by atoms with E-state index in [4.69, 9.17) is 19.3 Å². The maximum absolute atomic E-state index is 8.92. The Kier molecular flexibility index (Phi) is 3.90. The number of benzene rings is 1. The zero-order valence-electron chi connectivity index (χ0n) is 14.5. The number of nitriles is 1. The van der Waals surface area contributed by atoms with Crippen molar-refractivity contribution in [2.24, 2.45) is 0 Å². The van der Waals surface area contributed by atoms with E-state index in [1.54, 1.807) is 19.2 Å². The first-order valence-electron chi connectivity index (χ1n) is 7.77. The Hall–Kier alpha value is -2.30. The van der Waals surface area contributed by atoms with E-state index in [2.05, 4.69) is 11.1 Å². The molecule has 0 N–H and O–H groups in total. The second-order valence-corrected chi connectivity index (χ2v) is 6.77. The number of hydrogen-bond acceptors (Lipinski definition) is 5. The smallest absolute Gasteiger partial charge is 0.468 e. The van der Waals surface area contributed by atoms with E-state index < -0.39 is 18.3 Å². The van der Waals surface area contributed by atoms with Crippen molar-refractivity contribution in [1.82, 2.24) is 9.55 Å². The summed E-state index contributed by atoms with van der Waals surface area (Å²) in [7, 11) is 1.01. The Morgan fingerprint density at radius 1 is 1.12 bits per heavy atom. The Bertz CT molecular complexity index is 774. The van der Waals surface area contributed by atoms with Gasteiger partial charge in [0.15, 0.2) is 0 Å². The monoisotopic (exact) mass is 325 g/mol. The first-order valence-corrected chi connectivity index (χ1v) is 7.77. The summed E-state index contributed by atoms with van der Waals surface area (Å²) in [5.41, 5.74) is 1.24. The van der Waals surface area contributed by atoms with Crippen LogP contribution in [0.25, 0.3) is 5.69 Å². The Labute approximate surface area is 142 Å². The molecule has 1 aromatic heterocycles. The summed E-state index contributed by atoms with van der Waals surface area (Å²) in [5.74, 6) is 0. The highest BCUT2D eigenvalue weighted by Crippen LogP contribution is 2.36. The minimum Gasteiger partial charge on any atom is -0.468 e. The molecule has 2 aromatic rings. The molecule has 1 aromatic carbocycles. The van der Waals surface area contributed by atoms with Crippen LogP contribution in [0.2, 0.25) is 0 Å². The number of ether oxygens (including phenoxy) is 1. The molecule has 0 spiro atoms. The van der Waals surface area contributed by atoms with E-state index in [1.807, 2.05) is 50.6 Å². The number of hydrogen-bond donors (Lipinski definition) is 0. The van der Waals surface area contributed by atoms with Crippen molar-refractivity contribution >= 4 is 12.7 Å². The predicted molar refractivity (Wildman–Crippen MR) is 90.5 cm³/mol. The summed E-state index contributed by atoms with van der Waals surface area (Å²) in [5, 5.41) is 8.92. The molecule has 0 amide bonds. The zero-order valence-corrected chi connectivity index (χ0v) is 14.5. The van der Waals surface area contributed by atoms with E-state index in [1.165, 1.54) is 0 Å². The van der Waals surface area contributed by atoms with Crippen molar-refractivity contribution in [3.05, 3.63) is 36.0 Å². The van der Waals surface area contributed by atoms with Crippen molar-refractivity contribution in [2.75, 3.05) is 7.11 Å². The third-order valence-electron chi connectivity index (χ3n) is 4.64. The molecule has 24 heavy (non-hydrogen) atoms. The van der Waals surface area contributed by atoms with Crippen molar-refractivity contribution in [2.45, 2.75) is 38.9 Å². The van der Waals surface area contributed by atoms with Crippen LogP contribution in [0.1, 0.15) is 33.3 Å². The molecule has 0 bridgehead atoms. The number of imidazole rings is 1. The predicted octanol–water partition coefficient (Wildman–Crippen LogP) is 2.05. The normalized spacial score (nSPS) is 18.4. The van der Waals surface area contributed by atoms with Gasteiger partial charge < -0.3 is 14.0 Å². The van der Waals surface area contributed by atoms with Gasteiger partial charge in [0, 0.05) is 6.20 Å². The highest BCUT2D eigenvalue weighted by Gasteiger charge is 2.52. The molecule has 0 atom stereocenters. The second kappa shape index (κ2) is 5.65. The number of rotatable bonds is 3. The first-order chi connectivity index (χ1) is 11.3. The van der Waals surface area contributed by atoms with Crippen LogP contribution in [0.4, 0.5) is 0 Å². The van der Waals surface area contributed by atoms with Gasteiger partial charge >= 0.3 is 7.12 Å². The van der Waals surface area contributed by atoms with E-state index in [0.717, 1.165) is 5.69 Å². The fraction of sp³-hybridized carbons (Fsp3) is 0.412. The summed E-state index contributed by atoms with van der Waals surface area (Å²) in [6.45, 7) is 8.01.